The molecule has 2 amide bonds. The van der Waals surface area contributed by atoms with E-state index in [2.05, 4.69) is 10.3 Å². The monoisotopic (exact) mass is 348 g/mol. The Bertz CT molecular complexity index is 821. The Labute approximate surface area is 152 Å². The fraction of sp³-hybridized carbons (Fsp3) is 0.300. The number of aromatic nitrogens is 1. The molecular formula is C20H20N4O2. The Hall–Kier alpha value is -3.20. The van der Waals surface area contributed by atoms with Crippen molar-refractivity contribution in [3.63, 3.8) is 0 Å². The third-order valence-electron chi connectivity index (χ3n) is 4.63. The Morgan fingerprint density at radius 3 is 2.58 bits per heavy atom. The van der Waals surface area contributed by atoms with Crippen molar-refractivity contribution >= 4 is 11.8 Å². The average Bonchev–Trinajstić information content (AvgIpc) is 2.72. The van der Waals surface area contributed by atoms with E-state index in [-0.39, 0.29) is 11.8 Å². The van der Waals surface area contributed by atoms with E-state index in [0.717, 1.165) is 12.8 Å². The fourth-order valence-electron chi connectivity index (χ4n) is 3.09. The first-order chi connectivity index (χ1) is 12.7. The number of carbonyl (C=O) groups excluding carboxylic acids is 2. The van der Waals surface area contributed by atoms with Crippen LogP contribution in [0.1, 0.15) is 39.1 Å². The van der Waals surface area contributed by atoms with E-state index < -0.39 is 0 Å². The topological polar surface area (TPSA) is 86.1 Å². The molecule has 0 radical (unpaired) electrons. The summed E-state index contributed by atoms with van der Waals surface area (Å²) >= 11 is 0. The summed E-state index contributed by atoms with van der Waals surface area (Å²) in [7, 11) is 0. The highest BCUT2D eigenvalue weighted by molar-refractivity contribution is 5.95. The number of nitriles is 1. The maximum Gasteiger partial charge on any atom is 0.253 e. The molecule has 0 bridgehead atoms. The van der Waals surface area contributed by atoms with Crippen molar-refractivity contribution in [1.82, 2.24) is 15.2 Å². The van der Waals surface area contributed by atoms with E-state index in [9.17, 15) is 9.59 Å². The number of likely N-dealkylation sites (tertiary alicyclic amines) is 1. The number of carbonyl (C=O) groups is 2. The molecule has 0 atom stereocenters. The third kappa shape index (κ3) is 4.25. The highest BCUT2D eigenvalue weighted by Gasteiger charge is 2.24. The van der Waals surface area contributed by atoms with Crippen molar-refractivity contribution in [2.24, 2.45) is 5.92 Å². The molecule has 6 heteroatoms. The number of piperidine rings is 1. The highest BCUT2D eigenvalue weighted by atomic mass is 16.2. The van der Waals surface area contributed by atoms with Crippen LogP contribution in [0.5, 0.6) is 0 Å². The van der Waals surface area contributed by atoms with Gasteiger partial charge in [0.2, 0.25) is 0 Å². The van der Waals surface area contributed by atoms with Gasteiger partial charge in [0.1, 0.15) is 0 Å². The van der Waals surface area contributed by atoms with Gasteiger partial charge in [-0.15, -0.1) is 0 Å². The van der Waals surface area contributed by atoms with E-state index in [4.69, 9.17) is 5.26 Å². The molecule has 6 nitrogen and oxygen atoms in total. The molecule has 0 spiro atoms. The number of hydrogen-bond acceptors (Lipinski definition) is 4. The Morgan fingerprint density at radius 2 is 1.88 bits per heavy atom. The van der Waals surface area contributed by atoms with Crippen LogP contribution in [0, 0.1) is 17.2 Å². The second kappa shape index (κ2) is 8.26. The lowest BCUT2D eigenvalue weighted by Gasteiger charge is -2.32. The first-order valence-corrected chi connectivity index (χ1v) is 8.65. The fourth-order valence-corrected chi connectivity index (χ4v) is 3.09. The maximum atomic E-state index is 12.4. The summed E-state index contributed by atoms with van der Waals surface area (Å²) in [5, 5.41) is 11.8. The third-order valence-corrected chi connectivity index (χ3v) is 4.63. The molecule has 132 valence electrons. The molecule has 26 heavy (non-hydrogen) atoms. The number of hydrogen-bond donors (Lipinski definition) is 1. The molecule has 2 heterocycles. The molecule has 1 aromatic heterocycles. The van der Waals surface area contributed by atoms with Gasteiger partial charge in [-0.05, 0) is 49.1 Å². The minimum absolute atomic E-state index is 0.0307. The van der Waals surface area contributed by atoms with E-state index in [1.807, 2.05) is 11.0 Å². The van der Waals surface area contributed by atoms with Crippen molar-refractivity contribution in [3.05, 3.63) is 65.5 Å². The predicted molar refractivity (Wildman–Crippen MR) is 96.4 cm³/mol. The summed E-state index contributed by atoms with van der Waals surface area (Å²) in [5.74, 6) is 0.209. The number of benzene rings is 1. The van der Waals surface area contributed by atoms with Crippen LogP contribution in [-0.2, 0) is 0 Å². The predicted octanol–water partition coefficient (Wildman–Crippen LogP) is 2.24. The van der Waals surface area contributed by atoms with Gasteiger partial charge in [-0.3, -0.25) is 14.6 Å². The first kappa shape index (κ1) is 17.6. The van der Waals surface area contributed by atoms with Gasteiger partial charge in [-0.2, -0.15) is 5.26 Å². The molecule has 2 aromatic rings. The molecule has 1 fully saturated rings. The molecule has 0 aliphatic carbocycles. The SMILES string of the molecule is N#Cc1cccc(C(=O)NCC2CCN(C(=O)c3ccncc3)CC2)c1. The van der Waals surface area contributed by atoms with E-state index in [0.29, 0.717) is 42.2 Å². The van der Waals surface area contributed by atoms with Gasteiger partial charge in [-0.25, -0.2) is 0 Å². The molecular weight excluding hydrogens is 328 g/mol. The Morgan fingerprint density at radius 1 is 1.15 bits per heavy atom. The maximum absolute atomic E-state index is 12.4. The number of nitrogens with zero attached hydrogens (tertiary/aromatic N) is 3. The van der Waals surface area contributed by atoms with Crippen molar-refractivity contribution in [2.75, 3.05) is 19.6 Å². The van der Waals surface area contributed by atoms with Crippen LogP contribution in [0.15, 0.2) is 48.8 Å². The molecule has 1 aliphatic rings. The lowest BCUT2D eigenvalue weighted by molar-refractivity contribution is 0.0684. The molecule has 0 saturated carbocycles. The van der Waals surface area contributed by atoms with Crippen LogP contribution in [0.2, 0.25) is 0 Å². The first-order valence-electron chi connectivity index (χ1n) is 8.65. The summed E-state index contributed by atoms with van der Waals surface area (Å²) in [6, 6.07) is 12.2. The number of nitrogens with one attached hydrogen (secondary N) is 1. The van der Waals surface area contributed by atoms with E-state index in [1.165, 1.54) is 0 Å². The summed E-state index contributed by atoms with van der Waals surface area (Å²) in [6.07, 6.45) is 4.96. The van der Waals surface area contributed by atoms with Crippen LogP contribution < -0.4 is 5.32 Å². The molecule has 1 aliphatic heterocycles. The Balaban J connectivity index is 1.47. The second-order valence-electron chi connectivity index (χ2n) is 6.37. The standard InChI is InChI=1S/C20H20N4O2/c21-13-16-2-1-3-18(12-16)19(25)23-14-15-6-10-24(11-7-15)20(26)17-4-8-22-9-5-17/h1-5,8-9,12,15H,6-7,10-11,14H2,(H,23,25). The molecule has 1 N–H and O–H groups in total. The van der Waals surface area contributed by atoms with Crippen molar-refractivity contribution < 1.29 is 9.59 Å². The van der Waals surface area contributed by atoms with E-state index >= 15 is 0 Å². The van der Waals surface area contributed by atoms with Crippen LogP contribution in [-0.4, -0.2) is 41.3 Å². The Kier molecular flexibility index (Phi) is 5.59. The second-order valence-corrected chi connectivity index (χ2v) is 6.37. The van der Waals surface area contributed by atoms with Gasteiger partial charge in [0.25, 0.3) is 11.8 Å². The van der Waals surface area contributed by atoms with Gasteiger partial charge in [0.05, 0.1) is 11.6 Å². The number of rotatable bonds is 4. The summed E-state index contributed by atoms with van der Waals surface area (Å²) in [4.78, 5) is 30.4. The molecule has 1 saturated heterocycles. The van der Waals surface area contributed by atoms with Crippen molar-refractivity contribution in [2.45, 2.75) is 12.8 Å². The number of amides is 2. The van der Waals surface area contributed by atoms with Crippen LogP contribution >= 0.6 is 0 Å². The van der Waals surface area contributed by atoms with Gasteiger partial charge < -0.3 is 10.2 Å². The minimum Gasteiger partial charge on any atom is -0.352 e. The summed E-state index contributed by atoms with van der Waals surface area (Å²) < 4.78 is 0. The van der Waals surface area contributed by atoms with Crippen molar-refractivity contribution in [3.8, 4) is 6.07 Å². The lowest BCUT2D eigenvalue weighted by Crippen LogP contribution is -2.41. The van der Waals surface area contributed by atoms with Gasteiger partial charge in [0, 0.05) is 43.2 Å². The highest BCUT2D eigenvalue weighted by Crippen LogP contribution is 2.18. The van der Waals surface area contributed by atoms with Gasteiger partial charge >= 0.3 is 0 Å². The van der Waals surface area contributed by atoms with Crippen LogP contribution in [0.25, 0.3) is 0 Å². The summed E-state index contributed by atoms with van der Waals surface area (Å²) in [5.41, 5.74) is 1.62. The molecule has 0 unspecified atom stereocenters. The van der Waals surface area contributed by atoms with Gasteiger partial charge in [0.15, 0.2) is 0 Å². The smallest absolute Gasteiger partial charge is 0.253 e. The zero-order valence-electron chi connectivity index (χ0n) is 14.4. The summed E-state index contributed by atoms with van der Waals surface area (Å²) in [6.45, 7) is 1.95. The lowest BCUT2D eigenvalue weighted by atomic mass is 9.96. The zero-order valence-corrected chi connectivity index (χ0v) is 14.4. The number of pyridine rings is 1. The normalized spacial score (nSPS) is 14.5. The minimum atomic E-state index is -0.169. The van der Waals surface area contributed by atoms with E-state index in [1.54, 1.807) is 48.8 Å². The van der Waals surface area contributed by atoms with Crippen LogP contribution in [0.4, 0.5) is 0 Å². The molecule has 1 aromatic carbocycles. The largest absolute Gasteiger partial charge is 0.352 e. The molecule has 3 rings (SSSR count). The zero-order chi connectivity index (χ0) is 18.4. The van der Waals surface area contributed by atoms with Crippen LogP contribution in [0.3, 0.4) is 0 Å². The quantitative estimate of drug-likeness (QED) is 0.918. The van der Waals surface area contributed by atoms with Crippen molar-refractivity contribution in [1.29, 1.82) is 5.26 Å². The van der Waals surface area contributed by atoms with Gasteiger partial charge in [-0.1, -0.05) is 6.07 Å². The average molecular weight is 348 g/mol.